The number of fused-ring (bicyclic) bond motifs is 9. The van der Waals surface area contributed by atoms with E-state index in [2.05, 4.69) is 313 Å². The molecule has 125 heavy (non-hydrogen) atoms. The van der Waals surface area contributed by atoms with Gasteiger partial charge < -0.3 is 43.5 Å². The fraction of sp³-hybridized carbons (Fsp3) is 0.182. The molecule has 0 atom stereocenters. The Morgan fingerprint density at radius 2 is 0.920 bits per heavy atom. The number of aryl methyl sites for hydroxylation is 6. The van der Waals surface area contributed by atoms with Gasteiger partial charge in [0.1, 0.15) is 5.58 Å². The fourth-order valence-electron chi connectivity index (χ4n) is 15.8. The van der Waals surface area contributed by atoms with Crippen molar-refractivity contribution in [3.05, 3.63) is 374 Å². The van der Waals surface area contributed by atoms with Crippen molar-refractivity contribution in [2.24, 2.45) is 5.92 Å². The zero-order valence-corrected chi connectivity index (χ0v) is 84.0. The number of aromatic nitrogens is 8. The molecule has 0 saturated carbocycles. The molecule has 0 bridgehead atoms. The van der Waals surface area contributed by atoms with Crippen LogP contribution in [-0.2, 0) is 73.3 Å². The summed E-state index contributed by atoms with van der Waals surface area (Å²) in [6, 6.07) is 109. The summed E-state index contributed by atoms with van der Waals surface area (Å²) in [5, 5.41) is 11.6. The van der Waals surface area contributed by atoms with E-state index in [4.69, 9.17) is 23.5 Å². The molecule has 3 radical (unpaired) electrons. The molecule has 0 fully saturated rings. The van der Waals surface area contributed by atoms with Crippen molar-refractivity contribution in [3.8, 4) is 73.2 Å². The molecule has 637 valence electrons. The topological polar surface area (TPSA) is 100 Å². The number of hydrogen-bond donors (Lipinski definition) is 0. The quantitative estimate of drug-likeness (QED) is 0.0837. The van der Waals surface area contributed by atoms with Gasteiger partial charge in [0.2, 0.25) is 0 Å². The van der Waals surface area contributed by atoms with E-state index in [1.165, 1.54) is 92.7 Å². The van der Waals surface area contributed by atoms with Crippen molar-refractivity contribution < 1.29 is 68.8 Å². The van der Waals surface area contributed by atoms with Gasteiger partial charge in [-0.15, -0.1) is 173 Å². The number of hydrogen-bond acceptors (Lipinski definition) is 7. The monoisotopic (exact) mass is 2220 g/mol. The minimum atomic E-state index is -2.15. The van der Waals surface area contributed by atoms with E-state index in [1.807, 2.05) is 129 Å². The molecule has 0 amide bonds. The van der Waals surface area contributed by atoms with Gasteiger partial charge in [-0.3, -0.25) is 0 Å². The molecule has 0 saturated heterocycles. The molecule has 15 heteroatoms. The van der Waals surface area contributed by atoms with Gasteiger partial charge in [-0.25, -0.2) is 0 Å². The Bertz CT molecular complexity index is 6950. The van der Waals surface area contributed by atoms with Crippen molar-refractivity contribution >= 4 is 105 Å². The van der Waals surface area contributed by atoms with Gasteiger partial charge in [-0.05, 0) is 173 Å². The molecule has 0 aliphatic rings. The molecule has 19 aromatic rings. The van der Waals surface area contributed by atoms with Gasteiger partial charge in [-0.2, -0.15) is 0 Å². The summed E-state index contributed by atoms with van der Waals surface area (Å²) in [6.07, 6.45) is 12.7. The Morgan fingerprint density at radius 1 is 0.384 bits per heavy atom. The number of para-hydroxylation sites is 4. The molecule has 0 aliphatic carbocycles. The van der Waals surface area contributed by atoms with Crippen LogP contribution in [0.5, 0.6) is 0 Å². The van der Waals surface area contributed by atoms with Gasteiger partial charge in [0.15, 0.2) is 0 Å². The van der Waals surface area contributed by atoms with Gasteiger partial charge in [0.25, 0.3) is 0 Å². The minimum absolute atomic E-state index is 0. The Kier molecular flexibility index (Phi) is 30.6. The number of nitrogens with zero attached hydrogens (tertiary/aromatic N) is 8. The Morgan fingerprint density at radius 3 is 1.50 bits per heavy atom. The first-order valence-electron chi connectivity index (χ1n) is 43.4. The smallest absolute Gasteiger partial charge is 0.120 e. The van der Waals surface area contributed by atoms with Gasteiger partial charge in [0.05, 0.1) is 29.8 Å². The summed E-state index contributed by atoms with van der Waals surface area (Å²) in [6.45, 7) is 35.5. The van der Waals surface area contributed by atoms with E-state index in [0.717, 1.165) is 91.2 Å². The average molecular weight is 2220 g/mol. The molecule has 0 N–H and O–H groups in total. The molecule has 0 spiro atoms. The third-order valence-electron chi connectivity index (χ3n) is 21.6. The van der Waals surface area contributed by atoms with Crippen LogP contribution >= 0.6 is 0 Å². The zero-order valence-electron chi connectivity index (χ0n) is 76.8. The fourth-order valence-corrected chi connectivity index (χ4v) is 20.8. The molecule has 9 aromatic heterocycles. The summed E-state index contributed by atoms with van der Waals surface area (Å²) < 4.78 is 33.2. The largest absolute Gasteiger partial charge is 0.501 e. The van der Waals surface area contributed by atoms with Gasteiger partial charge in [-0.1, -0.05) is 238 Å². The zero-order chi connectivity index (χ0) is 88.3. The normalized spacial score (nSPS) is 11.6. The molecule has 9 heterocycles. The molecular formula is C110H106Ir3N8OSi3-6. The van der Waals surface area contributed by atoms with E-state index >= 15 is 0 Å². The molecule has 0 aliphatic heterocycles. The minimum Gasteiger partial charge on any atom is -0.501 e. The van der Waals surface area contributed by atoms with Crippen LogP contribution in [0.4, 0.5) is 0 Å². The van der Waals surface area contributed by atoms with E-state index in [9.17, 15) is 0 Å². The van der Waals surface area contributed by atoms with E-state index in [1.54, 1.807) is 30.5 Å². The third-order valence-corrected chi connectivity index (χ3v) is 28.0. The van der Waals surface area contributed by atoms with Gasteiger partial charge in [0, 0.05) is 130 Å². The van der Waals surface area contributed by atoms with Gasteiger partial charge >= 0.3 is 0 Å². The van der Waals surface area contributed by atoms with Crippen molar-refractivity contribution in [3.63, 3.8) is 0 Å². The van der Waals surface area contributed by atoms with Crippen LogP contribution in [0.15, 0.2) is 309 Å². The first-order chi connectivity index (χ1) is 60.0. The summed E-state index contributed by atoms with van der Waals surface area (Å²) >= 11 is 0. The molecular weight excluding hydrogens is 2110 g/mol. The number of benzene rings is 10. The van der Waals surface area contributed by atoms with Crippen LogP contribution in [0.25, 0.3) is 139 Å². The maximum Gasteiger partial charge on any atom is 0.120 e. The first kappa shape index (κ1) is 90.3. The molecule has 0 unspecified atom stereocenters. The number of pyridine rings is 6. The standard InChI is InChI=1S/C30H31N2Si.C23H25N2Si.C21H20NOSi.3C12H10N.3Ir/c1-21(2)17-23-18-27(31-20-30(23)33(3,4)5)22-15-16-26-25-13-9-10-14-28(25)32(29(26)19-22)24-11-7-6-8-12-24;1-6-25-21-13-8-7-10-17(21)18-11-9-12-19(23(18)25)20-14-16(2)22(15-24-20)26(3,4)5;1-14-12-18(22-13-20(14)24(2,3)4)17-10-7-9-16-15-8-5-6-11-19(15)23-21(16)17;1-10-6-5-9-13-12(10)11-7-3-2-4-8-11;1-10-7-8-13-12(9-10)11-5-3-2-4-6-11;1-10-7-8-12(13-9-10)11-5-3-2-4-6-11;;;/h6-14,16,18-21H,17H2,1-5H3;7-11,13-15H,6H2,1-5H3;5-9,11-13H,1-4H3;2-7,9H,1H3;2*2-5,7-9H,1H3;;;/q6*-1;;;/i;;;1D3;;;;;. The van der Waals surface area contributed by atoms with Crippen LogP contribution < -0.4 is 15.6 Å². The molecule has 9 nitrogen and oxygen atoms in total. The summed E-state index contributed by atoms with van der Waals surface area (Å²) in [5.74, 6) is 0.613. The van der Waals surface area contributed by atoms with Crippen molar-refractivity contribution in [1.82, 2.24) is 39.0 Å². The van der Waals surface area contributed by atoms with E-state index in [0.29, 0.717) is 17.2 Å². The van der Waals surface area contributed by atoms with Crippen LogP contribution in [-0.4, -0.2) is 63.3 Å². The summed E-state index contributed by atoms with van der Waals surface area (Å²) in [7, 11) is -4.22. The first-order valence-corrected chi connectivity index (χ1v) is 52.4. The summed E-state index contributed by atoms with van der Waals surface area (Å²) in [4.78, 5) is 27.3. The second kappa shape index (κ2) is 42.4. The Hall–Kier alpha value is -10.9. The predicted molar refractivity (Wildman–Crippen MR) is 523 cm³/mol. The number of rotatable bonds is 13. The van der Waals surface area contributed by atoms with Crippen LogP contribution in [0.1, 0.15) is 58.3 Å². The van der Waals surface area contributed by atoms with E-state index in [-0.39, 0.29) is 65.9 Å². The molecule has 10 aromatic carbocycles. The Labute approximate surface area is 786 Å². The maximum absolute atomic E-state index is 7.44. The SMILES string of the molecule is CC(C)Cc1cc(-c2[c-]cc3c4ccccc4n(-c4ccccc4)c3c2)ncc1[Si](C)(C)C.CCn1c2ccccc2c2cc[c-]c(-c3cc(C)c([Si](C)(C)C)cn3)c21.Cc1cc(-c2[c-]ccc3c2oc2ccccc23)ncc1[Si](C)(C)C.Cc1ccc(-c2[c-]cccc2)nc1.Cc1ccnc(-c2[c-]cccc2)c1.[2H]C([2H])([2H])c1cccnc1-c1[c-]cccc1.[Ir].[Ir].[Ir]. The van der Waals surface area contributed by atoms with Crippen molar-refractivity contribution in [2.75, 3.05) is 0 Å². The number of furan rings is 1. The second-order valence-electron chi connectivity index (χ2n) is 34.4. The predicted octanol–water partition coefficient (Wildman–Crippen LogP) is 26.8. The summed E-state index contributed by atoms with van der Waals surface area (Å²) in [5.41, 5.74) is 25.9. The maximum atomic E-state index is 7.44. The van der Waals surface area contributed by atoms with Crippen molar-refractivity contribution in [2.45, 2.75) is 127 Å². The molecule has 19 rings (SSSR count). The van der Waals surface area contributed by atoms with Crippen LogP contribution in [0.2, 0.25) is 58.9 Å². The van der Waals surface area contributed by atoms with Crippen molar-refractivity contribution in [1.29, 1.82) is 0 Å². The van der Waals surface area contributed by atoms with E-state index < -0.39 is 31.1 Å². The van der Waals surface area contributed by atoms with Crippen LogP contribution in [0, 0.1) is 76.9 Å². The average Bonchev–Trinajstić information content (AvgIpc) is 1.59. The third kappa shape index (κ3) is 22.5. The second-order valence-corrected chi connectivity index (χ2v) is 49.5. The van der Waals surface area contributed by atoms with Crippen LogP contribution in [0.3, 0.4) is 0 Å². The Balaban J connectivity index is 0.000000153.